The van der Waals surface area contributed by atoms with Gasteiger partial charge in [0.1, 0.15) is 11.3 Å². The Morgan fingerprint density at radius 2 is 1.71 bits per heavy atom. The van der Waals surface area contributed by atoms with Crippen LogP contribution < -0.4 is 118 Å². The molecule has 9 heteroatoms. The Balaban J connectivity index is -0.000000661. The zero-order valence-electron chi connectivity index (χ0n) is 15.0. The van der Waals surface area contributed by atoms with Crippen LogP contribution in [0.3, 0.4) is 0 Å². The van der Waals surface area contributed by atoms with Gasteiger partial charge in [-0.2, -0.15) is 0 Å². The van der Waals surface area contributed by atoms with Crippen LogP contribution in [-0.2, 0) is 10.2 Å². The van der Waals surface area contributed by atoms with Gasteiger partial charge in [0.25, 0.3) is 0 Å². The van der Waals surface area contributed by atoms with Crippen LogP contribution in [0.5, 0.6) is 5.75 Å². The van der Waals surface area contributed by atoms with Crippen molar-refractivity contribution >= 4 is 12.1 Å². The number of esters is 1. The number of rotatable bonds is 5. The Morgan fingerprint density at radius 1 is 1.21 bits per heavy atom. The fourth-order valence-electron chi connectivity index (χ4n) is 1.59. The van der Waals surface area contributed by atoms with Crippen molar-refractivity contribution in [1.29, 1.82) is 0 Å². The Morgan fingerprint density at radius 3 is 2.08 bits per heavy atom. The number of aliphatic hydroxyl groups is 1. The van der Waals surface area contributed by atoms with Gasteiger partial charge in [0, 0.05) is 5.41 Å². The molecule has 1 rings (SSSR count). The summed E-state index contributed by atoms with van der Waals surface area (Å²) >= 11 is 0. The molecule has 0 aliphatic heterocycles. The van der Waals surface area contributed by atoms with E-state index in [2.05, 4.69) is 0 Å². The van der Waals surface area contributed by atoms with Crippen LogP contribution in [0.4, 0.5) is 4.79 Å². The van der Waals surface area contributed by atoms with Crippen molar-refractivity contribution in [3.8, 4) is 5.75 Å². The van der Waals surface area contributed by atoms with Gasteiger partial charge >= 0.3 is 109 Å². The van der Waals surface area contributed by atoms with Gasteiger partial charge in [-0.3, -0.25) is 0 Å². The standard InChI is InChI=1S/C14H20O4.CH2O3.2K/c1-5-18-12-8-10(14(2,3)9-15)6-7-11(12)13(16)17-4;2-1(3)4;;/h6-8,15H,5,9H2,1-4H3;(H2,2,3,4);;/q;;2*+1/p-2. The van der Waals surface area contributed by atoms with Crippen LogP contribution in [0, 0.1) is 0 Å². The minimum Gasteiger partial charge on any atom is -0.652 e. The largest absolute Gasteiger partial charge is 1.00 e. The van der Waals surface area contributed by atoms with E-state index < -0.39 is 12.1 Å². The molecule has 0 aromatic heterocycles. The van der Waals surface area contributed by atoms with Crippen LogP contribution in [0.15, 0.2) is 18.2 Å². The quantitative estimate of drug-likeness (QED) is 0.392. The Labute approximate surface area is 226 Å². The van der Waals surface area contributed by atoms with E-state index in [1.54, 1.807) is 12.1 Å². The minimum absolute atomic E-state index is 0. The number of carbonyl (C=O) groups excluding carboxylic acids is 2. The summed E-state index contributed by atoms with van der Waals surface area (Å²) in [6.45, 7) is 6.19. The maximum absolute atomic E-state index is 11.6. The second kappa shape index (κ2) is 15.1. The summed E-state index contributed by atoms with van der Waals surface area (Å²) in [6, 6.07) is 5.26. The molecule has 0 heterocycles. The third kappa shape index (κ3) is 10.9. The molecule has 0 spiro atoms. The molecule has 24 heavy (non-hydrogen) atoms. The number of carboxylic acid groups (broad SMARTS) is 2. The number of hydrogen-bond donors (Lipinski definition) is 1. The second-order valence-corrected chi connectivity index (χ2v) is 4.93. The van der Waals surface area contributed by atoms with Crippen molar-refractivity contribution in [3.05, 3.63) is 29.3 Å². The number of hydrogen-bond acceptors (Lipinski definition) is 7. The number of benzene rings is 1. The summed E-state index contributed by atoms with van der Waals surface area (Å²) < 4.78 is 10.2. The topological polar surface area (TPSA) is 119 Å². The molecule has 0 saturated heterocycles. The summed E-state index contributed by atoms with van der Waals surface area (Å²) in [7, 11) is 1.34. The number of ether oxygens (including phenoxy) is 2. The molecular weight excluding hydrogens is 370 g/mol. The smallest absolute Gasteiger partial charge is 0.652 e. The van der Waals surface area contributed by atoms with E-state index in [-0.39, 0.29) is 115 Å². The van der Waals surface area contributed by atoms with Crippen LogP contribution in [0.1, 0.15) is 36.7 Å². The van der Waals surface area contributed by atoms with Crippen molar-refractivity contribution in [1.82, 2.24) is 0 Å². The average molecular weight is 391 g/mol. The fourth-order valence-corrected chi connectivity index (χ4v) is 1.59. The predicted octanol–water partition coefficient (Wildman–Crippen LogP) is -6.30. The van der Waals surface area contributed by atoms with E-state index in [9.17, 15) is 9.90 Å². The molecule has 0 aliphatic rings. The number of methoxy groups -OCH3 is 1. The molecule has 0 saturated carbocycles. The minimum atomic E-state index is -2.33. The van der Waals surface area contributed by atoms with Crippen molar-refractivity contribution < 1.29 is 137 Å². The van der Waals surface area contributed by atoms with Crippen molar-refractivity contribution in [2.45, 2.75) is 26.2 Å². The van der Waals surface area contributed by atoms with Crippen molar-refractivity contribution in [3.63, 3.8) is 0 Å². The van der Waals surface area contributed by atoms with E-state index in [0.717, 1.165) is 5.56 Å². The molecule has 0 radical (unpaired) electrons. The second-order valence-electron chi connectivity index (χ2n) is 4.93. The van der Waals surface area contributed by atoms with Gasteiger partial charge in [0.05, 0.1) is 20.3 Å². The van der Waals surface area contributed by atoms with Gasteiger partial charge in [-0.05, 0) is 30.8 Å². The van der Waals surface area contributed by atoms with Crippen LogP contribution >= 0.6 is 0 Å². The molecule has 0 aliphatic carbocycles. The first-order chi connectivity index (χ1) is 10.2. The van der Waals surface area contributed by atoms with Gasteiger partial charge in [-0.25, -0.2) is 4.79 Å². The molecule has 0 amide bonds. The first-order valence-corrected chi connectivity index (χ1v) is 6.54. The first-order valence-electron chi connectivity index (χ1n) is 6.54. The van der Waals surface area contributed by atoms with E-state index >= 15 is 0 Å². The number of carbonyl (C=O) groups is 2. The van der Waals surface area contributed by atoms with E-state index in [0.29, 0.717) is 17.9 Å². The van der Waals surface area contributed by atoms with Crippen LogP contribution in [0.2, 0.25) is 0 Å². The molecule has 0 fully saturated rings. The summed E-state index contributed by atoms with van der Waals surface area (Å²) in [5.74, 6) is 0.0650. The van der Waals surface area contributed by atoms with Gasteiger partial charge in [-0.1, -0.05) is 19.9 Å². The molecule has 0 unspecified atom stereocenters. The SMILES string of the molecule is CCOc1cc(C(C)(C)CO)ccc1C(=O)OC.O=C([O-])[O-].[K+].[K+]. The predicted molar refractivity (Wildman–Crippen MR) is 74.5 cm³/mol. The van der Waals surface area contributed by atoms with Gasteiger partial charge < -0.3 is 29.6 Å². The van der Waals surface area contributed by atoms with E-state index in [1.807, 2.05) is 26.8 Å². The van der Waals surface area contributed by atoms with E-state index in [4.69, 9.17) is 24.5 Å². The summed E-state index contributed by atoms with van der Waals surface area (Å²) in [5.41, 5.74) is 0.943. The van der Waals surface area contributed by atoms with E-state index in [1.165, 1.54) is 7.11 Å². The van der Waals surface area contributed by atoms with Crippen molar-refractivity contribution in [2.24, 2.45) is 0 Å². The molecule has 1 N–H and O–H groups in total. The zero-order chi connectivity index (χ0) is 17.3. The van der Waals surface area contributed by atoms with Crippen LogP contribution in [-0.4, -0.2) is 37.6 Å². The first kappa shape index (κ1) is 29.7. The molecule has 0 bridgehead atoms. The fraction of sp³-hybridized carbons (Fsp3) is 0.467. The maximum Gasteiger partial charge on any atom is 1.00 e. The third-order valence-electron chi connectivity index (χ3n) is 2.86. The monoisotopic (exact) mass is 390 g/mol. The Kier molecular flexibility index (Phi) is 18.7. The summed E-state index contributed by atoms with van der Waals surface area (Å²) in [6.07, 6.45) is -2.33. The molecule has 1 aromatic rings. The summed E-state index contributed by atoms with van der Waals surface area (Å²) in [4.78, 5) is 19.9. The molecule has 1 aromatic carbocycles. The molecular formula is C15H20K2O7. The number of aliphatic hydroxyl groups excluding tert-OH is 1. The molecule has 0 atom stereocenters. The Hall–Kier alpha value is 0.993. The zero-order valence-corrected chi connectivity index (χ0v) is 21.3. The summed E-state index contributed by atoms with van der Waals surface area (Å²) in [5, 5.41) is 26.0. The Bertz CT molecular complexity index is 515. The molecule has 124 valence electrons. The van der Waals surface area contributed by atoms with Gasteiger partial charge in [0.2, 0.25) is 0 Å². The van der Waals surface area contributed by atoms with Crippen LogP contribution in [0.25, 0.3) is 0 Å². The average Bonchev–Trinajstić information content (AvgIpc) is 2.46. The van der Waals surface area contributed by atoms with Gasteiger partial charge in [0.15, 0.2) is 0 Å². The van der Waals surface area contributed by atoms with Gasteiger partial charge in [-0.15, -0.1) is 0 Å². The molecule has 7 nitrogen and oxygen atoms in total. The van der Waals surface area contributed by atoms with Crippen molar-refractivity contribution in [2.75, 3.05) is 20.3 Å². The normalized spacial score (nSPS) is 9.38. The third-order valence-corrected chi connectivity index (χ3v) is 2.86. The maximum atomic E-state index is 11.6.